The van der Waals surface area contributed by atoms with E-state index in [4.69, 9.17) is 4.84 Å². The topological polar surface area (TPSA) is 107 Å². The molecule has 0 saturated heterocycles. The lowest BCUT2D eigenvalue weighted by Crippen LogP contribution is -2.23. The van der Waals surface area contributed by atoms with Crippen molar-refractivity contribution >= 4 is 17.5 Å². The summed E-state index contributed by atoms with van der Waals surface area (Å²) >= 11 is 0. The fraction of sp³-hybridized carbons (Fsp3) is 0.571. The third-order valence-corrected chi connectivity index (χ3v) is 5.10. The normalized spacial score (nSPS) is 13.9. The zero-order valence-corrected chi connectivity index (χ0v) is 17.9. The van der Waals surface area contributed by atoms with Gasteiger partial charge in [-0.15, -0.1) is 5.10 Å². The van der Waals surface area contributed by atoms with Gasteiger partial charge in [0.1, 0.15) is 12.4 Å². The van der Waals surface area contributed by atoms with Crippen LogP contribution < -0.4 is 10.8 Å². The van der Waals surface area contributed by atoms with E-state index in [1.165, 1.54) is 12.0 Å². The molecule has 1 aliphatic carbocycles. The van der Waals surface area contributed by atoms with Crippen molar-refractivity contribution in [3.05, 3.63) is 35.3 Å². The van der Waals surface area contributed by atoms with Crippen molar-refractivity contribution in [3.8, 4) is 0 Å². The van der Waals surface area contributed by atoms with Crippen LogP contribution in [-0.2, 0) is 16.2 Å². The standard InChI is InChI=1S/C21H31N7O2/c1-3-4-6-14-20(29)23-19-13-9-12-18(22-19)15-30-25-21(17-10-7-5-8-11-17)28-16(2)24-26-27-28/h9,12-13,25H,3-8,10-11,14-15H2,1-2H3,(H,22,23,29). The van der Waals surface area contributed by atoms with E-state index < -0.39 is 0 Å². The highest BCUT2D eigenvalue weighted by molar-refractivity contribution is 5.89. The molecule has 9 nitrogen and oxygen atoms in total. The number of hydrogen-bond acceptors (Lipinski definition) is 7. The number of hydroxylamine groups is 1. The Hall–Kier alpha value is -2.81. The summed E-state index contributed by atoms with van der Waals surface area (Å²) in [4.78, 5) is 22.2. The van der Waals surface area contributed by atoms with Gasteiger partial charge in [-0.3, -0.25) is 9.63 Å². The smallest absolute Gasteiger partial charge is 0.225 e. The van der Waals surface area contributed by atoms with Crippen LogP contribution in [0.3, 0.4) is 0 Å². The van der Waals surface area contributed by atoms with Crippen LogP contribution in [0, 0.1) is 6.92 Å². The lowest BCUT2D eigenvalue weighted by molar-refractivity contribution is -0.116. The summed E-state index contributed by atoms with van der Waals surface area (Å²) in [5.74, 6) is 2.02. The van der Waals surface area contributed by atoms with Crippen molar-refractivity contribution in [2.45, 2.75) is 78.2 Å². The van der Waals surface area contributed by atoms with Crippen LogP contribution in [0.2, 0.25) is 0 Å². The molecule has 2 N–H and O–H groups in total. The molecule has 162 valence electrons. The Morgan fingerprint density at radius 3 is 2.77 bits per heavy atom. The quantitative estimate of drug-likeness (QED) is 0.451. The number of hydrogen-bond donors (Lipinski definition) is 2. The molecule has 1 aliphatic rings. The Morgan fingerprint density at radius 1 is 1.20 bits per heavy atom. The Kier molecular flexibility index (Phi) is 8.31. The number of anilines is 1. The fourth-order valence-corrected chi connectivity index (χ4v) is 3.47. The van der Waals surface area contributed by atoms with Gasteiger partial charge in [0.25, 0.3) is 0 Å². The van der Waals surface area contributed by atoms with E-state index in [1.807, 2.05) is 19.1 Å². The number of nitrogens with one attached hydrogen (secondary N) is 2. The molecule has 9 heteroatoms. The van der Waals surface area contributed by atoms with E-state index in [0.29, 0.717) is 18.1 Å². The second-order valence-corrected chi connectivity index (χ2v) is 7.56. The summed E-state index contributed by atoms with van der Waals surface area (Å²) in [6, 6.07) is 5.51. The summed E-state index contributed by atoms with van der Waals surface area (Å²) < 4.78 is 1.68. The van der Waals surface area contributed by atoms with Gasteiger partial charge in [0.05, 0.1) is 5.69 Å². The van der Waals surface area contributed by atoms with Gasteiger partial charge in [-0.25, -0.2) is 10.5 Å². The van der Waals surface area contributed by atoms with Crippen LogP contribution in [0.4, 0.5) is 5.82 Å². The molecule has 2 heterocycles. The van der Waals surface area contributed by atoms with Crippen LogP contribution >= 0.6 is 0 Å². The van der Waals surface area contributed by atoms with E-state index >= 15 is 0 Å². The second kappa shape index (κ2) is 11.4. The predicted octanol–water partition coefficient (Wildman–Crippen LogP) is 3.75. The molecule has 0 bridgehead atoms. The number of rotatable bonds is 10. The van der Waals surface area contributed by atoms with Gasteiger partial charge in [-0.1, -0.05) is 32.3 Å². The van der Waals surface area contributed by atoms with E-state index in [-0.39, 0.29) is 12.5 Å². The molecule has 1 saturated carbocycles. The highest BCUT2D eigenvalue weighted by Gasteiger charge is 2.16. The van der Waals surface area contributed by atoms with Gasteiger partial charge in [0.15, 0.2) is 11.6 Å². The van der Waals surface area contributed by atoms with Crippen LogP contribution in [0.15, 0.2) is 23.8 Å². The summed E-state index contributed by atoms with van der Waals surface area (Å²) in [6.07, 6.45) is 9.11. The third kappa shape index (κ3) is 6.35. The first-order valence-electron chi connectivity index (χ1n) is 10.8. The molecule has 2 aromatic heterocycles. The van der Waals surface area contributed by atoms with E-state index in [0.717, 1.165) is 56.5 Å². The number of aromatic nitrogens is 5. The predicted molar refractivity (Wildman–Crippen MR) is 114 cm³/mol. The summed E-state index contributed by atoms with van der Waals surface area (Å²) in [6.45, 7) is 4.23. The number of nitrogens with zero attached hydrogens (tertiary/aromatic N) is 5. The highest BCUT2D eigenvalue weighted by Crippen LogP contribution is 2.26. The first-order chi connectivity index (χ1) is 14.7. The average Bonchev–Trinajstić information content (AvgIpc) is 3.18. The Labute approximate surface area is 177 Å². The number of amides is 1. The van der Waals surface area contributed by atoms with Crippen LogP contribution in [0.1, 0.15) is 76.2 Å². The minimum absolute atomic E-state index is 0.00869. The maximum absolute atomic E-state index is 12.0. The molecule has 0 radical (unpaired) electrons. The van der Waals surface area contributed by atoms with Gasteiger partial charge >= 0.3 is 0 Å². The zero-order valence-electron chi connectivity index (χ0n) is 17.9. The van der Waals surface area contributed by atoms with Crippen LogP contribution in [0.25, 0.3) is 5.82 Å². The van der Waals surface area contributed by atoms with E-state index in [2.05, 4.69) is 38.2 Å². The number of aryl methyl sites for hydroxylation is 1. The maximum Gasteiger partial charge on any atom is 0.225 e. The first kappa shape index (κ1) is 21.9. The largest absolute Gasteiger partial charge is 0.311 e. The molecule has 0 aliphatic heterocycles. The lowest BCUT2D eigenvalue weighted by atomic mass is 9.95. The Morgan fingerprint density at radius 2 is 2.03 bits per heavy atom. The van der Waals surface area contributed by atoms with Gasteiger partial charge < -0.3 is 5.32 Å². The van der Waals surface area contributed by atoms with Gasteiger partial charge in [0, 0.05) is 6.42 Å². The minimum Gasteiger partial charge on any atom is -0.311 e. The molecule has 3 rings (SSSR count). The summed E-state index contributed by atoms with van der Waals surface area (Å²) in [5.41, 5.74) is 5.03. The van der Waals surface area contributed by atoms with Crippen molar-refractivity contribution in [2.24, 2.45) is 0 Å². The Balaban J connectivity index is 1.59. The zero-order chi connectivity index (χ0) is 21.2. The number of carbonyl (C=O) groups is 1. The molecule has 0 aromatic carbocycles. The first-order valence-corrected chi connectivity index (χ1v) is 10.8. The van der Waals surface area contributed by atoms with Crippen molar-refractivity contribution in [1.82, 2.24) is 30.7 Å². The molecule has 2 aromatic rings. The molecular weight excluding hydrogens is 382 g/mol. The monoisotopic (exact) mass is 413 g/mol. The van der Waals surface area contributed by atoms with Crippen LogP contribution in [0.5, 0.6) is 0 Å². The van der Waals surface area contributed by atoms with E-state index in [9.17, 15) is 4.79 Å². The summed E-state index contributed by atoms with van der Waals surface area (Å²) in [7, 11) is 0. The van der Waals surface area contributed by atoms with Crippen LogP contribution in [-0.4, -0.2) is 31.1 Å². The molecule has 0 spiro atoms. The average molecular weight is 414 g/mol. The number of tetrazole rings is 1. The number of carbonyl (C=O) groups excluding carboxylic acids is 1. The third-order valence-electron chi connectivity index (χ3n) is 5.10. The van der Waals surface area contributed by atoms with Gasteiger partial charge in [-0.2, -0.15) is 4.68 Å². The number of unbranched alkanes of at least 4 members (excludes halogenated alkanes) is 2. The fourth-order valence-electron chi connectivity index (χ4n) is 3.47. The SMILES string of the molecule is CCCCCC(=O)Nc1cccc(CONC(=C2CCCCC2)n2nnnc2C)n1. The van der Waals surface area contributed by atoms with E-state index in [1.54, 1.807) is 10.7 Å². The number of pyridine rings is 1. The van der Waals surface area contributed by atoms with Gasteiger partial charge in [-0.05, 0) is 67.2 Å². The molecule has 1 fully saturated rings. The molecule has 0 unspecified atom stereocenters. The van der Waals surface area contributed by atoms with Crippen molar-refractivity contribution < 1.29 is 9.63 Å². The highest BCUT2D eigenvalue weighted by atomic mass is 16.6. The second-order valence-electron chi connectivity index (χ2n) is 7.56. The minimum atomic E-state index is -0.00869. The van der Waals surface area contributed by atoms with Gasteiger partial charge in [0.2, 0.25) is 5.91 Å². The summed E-state index contributed by atoms with van der Waals surface area (Å²) in [5, 5.41) is 14.7. The van der Waals surface area contributed by atoms with Crippen molar-refractivity contribution in [1.29, 1.82) is 0 Å². The van der Waals surface area contributed by atoms with Crippen molar-refractivity contribution in [2.75, 3.05) is 5.32 Å². The Bertz CT molecular complexity index is 855. The lowest BCUT2D eigenvalue weighted by Gasteiger charge is -2.20. The number of allylic oxidation sites excluding steroid dienone is 1. The molecular formula is C21H31N7O2. The van der Waals surface area contributed by atoms with Crippen molar-refractivity contribution in [3.63, 3.8) is 0 Å². The molecule has 0 atom stereocenters. The molecule has 30 heavy (non-hydrogen) atoms. The maximum atomic E-state index is 12.0. The molecule has 1 amide bonds.